The largest absolute Gasteiger partial charge is 0.497 e. The fourth-order valence-electron chi connectivity index (χ4n) is 4.65. The van der Waals surface area contributed by atoms with Gasteiger partial charge in [-0.2, -0.15) is 9.78 Å². The first-order chi connectivity index (χ1) is 17.9. The van der Waals surface area contributed by atoms with Crippen LogP contribution in [0.15, 0.2) is 71.5 Å². The Bertz CT molecular complexity index is 1710. The van der Waals surface area contributed by atoms with Crippen LogP contribution < -0.4 is 19.9 Å². The summed E-state index contributed by atoms with van der Waals surface area (Å²) in [6, 6.07) is 19.6. The summed E-state index contributed by atoms with van der Waals surface area (Å²) >= 11 is 6.28. The van der Waals surface area contributed by atoms with Crippen LogP contribution in [0.3, 0.4) is 0 Å². The van der Waals surface area contributed by atoms with E-state index in [1.807, 2.05) is 42.8 Å². The highest BCUT2D eigenvalue weighted by Gasteiger charge is 2.28. The minimum atomic E-state index is -0.383. The van der Waals surface area contributed by atoms with Gasteiger partial charge in [-0.3, -0.25) is 9.59 Å². The second-order valence-electron chi connectivity index (χ2n) is 8.43. The smallest absolute Gasteiger partial charge is 0.296 e. The maximum absolute atomic E-state index is 14.2. The number of hydrogen-bond donors (Lipinski definition) is 0. The van der Waals surface area contributed by atoms with E-state index in [0.29, 0.717) is 45.3 Å². The lowest BCUT2D eigenvalue weighted by atomic mass is 10.1. The molecule has 2 heterocycles. The Morgan fingerprint density at radius 3 is 2.43 bits per heavy atom. The zero-order valence-electron chi connectivity index (χ0n) is 20.9. The summed E-state index contributed by atoms with van der Waals surface area (Å²) in [6.45, 7) is 2.18. The van der Waals surface area contributed by atoms with Gasteiger partial charge in [0.15, 0.2) is 5.69 Å². The van der Waals surface area contributed by atoms with Gasteiger partial charge in [0.1, 0.15) is 17.0 Å². The molecule has 3 aromatic carbocycles. The second kappa shape index (κ2) is 9.63. The fraction of sp³-hybridized carbons (Fsp3) is 0.179. The average molecular weight is 517 g/mol. The number of aryl methyl sites for hydroxylation is 1. The molecule has 37 heavy (non-hydrogen) atoms. The third-order valence-electron chi connectivity index (χ3n) is 6.45. The summed E-state index contributed by atoms with van der Waals surface area (Å²) in [7, 11) is 4.92. The number of anilines is 1. The molecule has 8 nitrogen and oxygen atoms in total. The van der Waals surface area contributed by atoms with Crippen LogP contribution in [-0.4, -0.2) is 41.0 Å². The topological polar surface area (TPSA) is 78.6 Å². The van der Waals surface area contributed by atoms with E-state index >= 15 is 0 Å². The van der Waals surface area contributed by atoms with Crippen molar-refractivity contribution >= 4 is 45.0 Å². The number of amides is 1. The van der Waals surface area contributed by atoms with Crippen LogP contribution in [0.5, 0.6) is 11.5 Å². The molecule has 0 aliphatic rings. The molecule has 0 fully saturated rings. The standard InChI is InChI=1S/C28H25ClN4O4/c1-5-32(22-16-17(29)10-15-23(22)37-4)27(34)25-24-20-8-6-7-9-21(20)31(2)26(24)28(35)33(30-25)18-11-13-19(36-3)14-12-18/h6-16H,5H2,1-4H3. The number of carbonyl (C=O) groups excluding carboxylic acids is 1. The molecule has 9 heteroatoms. The van der Waals surface area contributed by atoms with Crippen molar-refractivity contribution in [2.45, 2.75) is 6.92 Å². The molecule has 0 aliphatic carbocycles. The first kappa shape index (κ1) is 24.4. The van der Waals surface area contributed by atoms with E-state index in [1.54, 1.807) is 54.5 Å². The van der Waals surface area contributed by atoms with Gasteiger partial charge in [0, 0.05) is 34.9 Å². The monoisotopic (exact) mass is 516 g/mol. The first-order valence-corrected chi connectivity index (χ1v) is 12.1. The minimum Gasteiger partial charge on any atom is -0.497 e. The van der Waals surface area contributed by atoms with E-state index in [2.05, 4.69) is 5.10 Å². The van der Waals surface area contributed by atoms with Gasteiger partial charge in [-0.1, -0.05) is 29.8 Å². The van der Waals surface area contributed by atoms with Gasteiger partial charge >= 0.3 is 0 Å². The maximum Gasteiger partial charge on any atom is 0.296 e. The normalized spacial score (nSPS) is 11.2. The van der Waals surface area contributed by atoms with Crippen LogP contribution in [0.1, 0.15) is 17.4 Å². The molecule has 0 bridgehead atoms. The van der Waals surface area contributed by atoms with Crippen LogP contribution in [0, 0.1) is 0 Å². The number of rotatable bonds is 6. The predicted molar refractivity (Wildman–Crippen MR) is 146 cm³/mol. The highest BCUT2D eigenvalue weighted by Crippen LogP contribution is 2.34. The lowest BCUT2D eigenvalue weighted by molar-refractivity contribution is 0.0983. The number of ether oxygens (including phenoxy) is 2. The molecule has 0 unspecified atom stereocenters. The number of hydrogen-bond acceptors (Lipinski definition) is 5. The highest BCUT2D eigenvalue weighted by molar-refractivity contribution is 6.31. The van der Waals surface area contributed by atoms with Crippen molar-refractivity contribution in [3.8, 4) is 17.2 Å². The zero-order chi connectivity index (χ0) is 26.3. The lowest BCUT2D eigenvalue weighted by Crippen LogP contribution is -2.34. The Kier molecular flexibility index (Phi) is 6.35. The lowest BCUT2D eigenvalue weighted by Gasteiger charge is -2.23. The van der Waals surface area contributed by atoms with Gasteiger partial charge in [0.05, 0.1) is 25.6 Å². The molecule has 5 rings (SSSR count). The van der Waals surface area contributed by atoms with Gasteiger partial charge in [-0.05, 0) is 55.5 Å². The summed E-state index contributed by atoms with van der Waals surface area (Å²) < 4.78 is 13.8. The summed E-state index contributed by atoms with van der Waals surface area (Å²) in [6.07, 6.45) is 0. The second-order valence-corrected chi connectivity index (χ2v) is 8.87. The van der Waals surface area contributed by atoms with Crippen molar-refractivity contribution < 1.29 is 14.3 Å². The number of halogens is 1. The van der Waals surface area contributed by atoms with Crippen LogP contribution >= 0.6 is 11.6 Å². The Hall–Kier alpha value is -4.30. The maximum atomic E-state index is 14.2. The molecule has 0 saturated carbocycles. The number of benzene rings is 3. The number of aromatic nitrogens is 3. The SMILES string of the molecule is CCN(C(=O)c1nn(-c2ccc(OC)cc2)c(=O)c2c1c1ccccc1n2C)c1cc(Cl)ccc1OC. The quantitative estimate of drug-likeness (QED) is 0.309. The molecule has 5 aromatic rings. The molecule has 0 aliphatic heterocycles. The van der Waals surface area contributed by atoms with E-state index in [4.69, 9.17) is 21.1 Å². The van der Waals surface area contributed by atoms with Gasteiger partial charge in [0.2, 0.25) is 0 Å². The Morgan fingerprint density at radius 2 is 1.76 bits per heavy atom. The van der Waals surface area contributed by atoms with E-state index in [0.717, 1.165) is 10.9 Å². The summed E-state index contributed by atoms with van der Waals surface area (Å²) in [5, 5.41) is 6.38. The Labute approximate surface area is 218 Å². The number of para-hydroxylation sites is 1. The van der Waals surface area contributed by atoms with E-state index in [-0.39, 0.29) is 17.2 Å². The van der Waals surface area contributed by atoms with Crippen LogP contribution in [0.4, 0.5) is 5.69 Å². The van der Waals surface area contributed by atoms with Gasteiger partial charge in [0.25, 0.3) is 11.5 Å². The van der Waals surface area contributed by atoms with Gasteiger partial charge < -0.3 is 18.9 Å². The zero-order valence-corrected chi connectivity index (χ0v) is 21.6. The van der Waals surface area contributed by atoms with E-state index in [9.17, 15) is 9.59 Å². The van der Waals surface area contributed by atoms with Gasteiger partial charge in [-0.15, -0.1) is 0 Å². The van der Waals surface area contributed by atoms with Crippen molar-refractivity contribution in [1.29, 1.82) is 0 Å². The molecular formula is C28H25ClN4O4. The van der Waals surface area contributed by atoms with Crippen LogP contribution in [-0.2, 0) is 7.05 Å². The number of fused-ring (bicyclic) bond motifs is 3. The molecule has 0 radical (unpaired) electrons. The third-order valence-corrected chi connectivity index (χ3v) is 6.69. The molecule has 0 spiro atoms. The Balaban J connectivity index is 1.83. The van der Waals surface area contributed by atoms with Crippen molar-refractivity contribution in [2.75, 3.05) is 25.7 Å². The van der Waals surface area contributed by atoms with Crippen molar-refractivity contribution in [1.82, 2.24) is 14.3 Å². The van der Waals surface area contributed by atoms with Crippen molar-refractivity contribution in [2.24, 2.45) is 7.05 Å². The van der Waals surface area contributed by atoms with E-state index in [1.165, 1.54) is 11.8 Å². The first-order valence-electron chi connectivity index (χ1n) is 11.7. The molecule has 0 saturated heterocycles. The molecule has 1 amide bonds. The van der Waals surface area contributed by atoms with Gasteiger partial charge in [-0.25, -0.2) is 0 Å². The summed E-state index contributed by atoms with van der Waals surface area (Å²) in [5.74, 6) is 0.757. The van der Waals surface area contributed by atoms with Crippen LogP contribution in [0.25, 0.3) is 27.5 Å². The predicted octanol–water partition coefficient (Wildman–Crippen LogP) is 5.21. The minimum absolute atomic E-state index is 0.145. The summed E-state index contributed by atoms with van der Waals surface area (Å²) in [4.78, 5) is 29.6. The van der Waals surface area contributed by atoms with Crippen molar-refractivity contribution in [3.05, 3.63) is 87.8 Å². The molecule has 2 aromatic heterocycles. The molecule has 188 valence electrons. The van der Waals surface area contributed by atoms with Crippen LogP contribution in [0.2, 0.25) is 5.02 Å². The highest BCUT2D eigenvalue weighted by atomic mass is 35.5. The fourth-order valence-corrected chi connectivity index (χ4v) is 4.82. The molecule has 0 N–H and O–H groups in total. The molecular weight excluding hydrogens is 492 g/mol. The van der Waals surface area contributed by atoms with Crippen molar-refractivity contribution in [3.63, 3.8) is 0 Å². The number of nitrogens with zero attached hydrogens (tertiary/aromatic N) is 4. The average Bonchev–Trinajstić information content (AvgIpc) is 3.22. The summed E-state index contributed by atoms with van der Waals surface area (Å²) in [5.41, 5.74) is 2.03. The number of carbonyl (C=O) groups is 1. The third kappa shape index (κ3) is 3.99. The Morgan fingerprint density at radius 1 is 1.03 bits per heavy atom. The van der Waals surface area contributed by atoms with E-state index < -0.39 is 0 Å². The molecule has 0 atom stereocenters. The number of methoxy groups -OCH3 is 2.